The van der Waals surface area contributed by atoms with Gasteiger partial charge >= 0.3 is 6.03 Å². The Morgan fingerprint density at radius 2 is 1.77 bits per heavy atom. The summed E-state index contributed by atoms with van der Waals surface area (Å²) in [7, 11) is 0. The third-order valence-corrected chi connectivity index (χ3v) is 5.95. The molecule has 8 heteroatoms. The molecule has 0 aromatic heterocycles. The molecule has 2 heterocycles. The van der Waals surface area contributed by atoms with E-state index in [1.165, 1.54) is 0 Å². The highest BCUT2D eigenvalue weighted by Crippen LogP contribution is 2.20. The van der Waals surface area contributed by atoms with E-state index in [1.54, 1.807) is 11.8 Å². The third kappa shape index (κ3) is 4.76. The summed E-state index contributed by atoms with van der Waals surface area (Å²) >= 11 is 7.92. The molecule has 1 N–H and O–H groups in total. The molecule has 26 heavy (non-hydrogen) atoms. The summed E-state index contributed by atoms with van der Waals surface area (Å²) in [4.78, 5) is 30.8. The Morgan fingerprint density at radius 1 is 1.08 bits per heavy atom. The summed E-state index contributed by atoms with van der Waals surface area (Å²) in [6, 6.07) is 7.10. The molecule has 0 saturated carbocycles. The fraction of sp³-hybridized carbons (Fsp3) is 0.556. The molecule has 2 aliphatic heterocycles. The van der Waals surface area contributed by atoms with E-state index < -0.39 is 6.04 Å². The number of urea groups is 1. The van der Waals surface area contributed by atoms with Crippen LogP contribution >= 0.6 is 23.4 Å². The van der Waals surface area contributed by atoms with Gasteiger partial charge in [-0.1, -0.05) is 17.7 Å². The Morgan fingerprint density at radius 3 is 2.42 bits per heavy atom. The molecule has 2 saturated heterocycles. The number of hydrogen-bond acceptors (Lipinski definition) is 4. The second kappa shape index (κ2) is 8.86. The highest BCUT2D eigenvalue weighted by atomic mass is 35.5. The van der Waals surface area contributed by atoms with Crippen LogP contribution in [-0.4, -0.2) is 78.6 Å². The molecule has 1 atom stereocenters. The number of benzene rings is 1. The van der Waals surface area contributed by atoms with E-state index in [4.69, 9.17) is 11.6 Å². The molecule has 0 spiro atoms. The van der Waals surface area contributed by atoms with Crippen molar-refractivity contribution in [1.29, 1.82) is 0 Å². The first-order chi connectivity index (χ1) is 12.5. The number of piperazine rings is 1. The number of halogens is 1. The molecule has 1 aromatic carbocycles. The smallest absolute Gasteiger partial charge is 0.318 e. The molecule has 2 fully saturated rings. The standard InChI is InChI=1S/C18H25ClN4O2S/c1-14(17(24)22-9-11-26-12-10-22)20-18(25)23-7-5-21(6-8-23)16-4-2-3-15(19)13-16/h2-4,13-14H,5-12H2,1H3,(H,20,25). The van der Waals surface area contributed by atoms with Crippen LogP contribution < -0.4 is 10.2 Å². The number of rotatable bonds is 3. The lowest BCUT2D eigenvalue weighted by atomic mass is 10.2. The van der Waals surface area contributed by atoms with Crippen molar-refractivity contribution >= 4 is 41.0 Å². The fourth-order valence-electron chi connectivity index (χ4n) is 3.24. The van der Waals surface area contributed by atoms with Gasteiger partial charge in [0, 0.05) is 61.5 Å². The molecule has 3 amide bonds. The van der Waals surface area contributed by atoms with Gasteiger partial charge in [-0.2, -0.15) is 11.8 Å². The second-order valence-corrected chi connectivity index (χ2v) is 8.22. The first-order valence-electron chi connectivity index (χ1n) is 8.97. The van der Waals surface area contributed by atoms with Crippen LogP contribution in [0.3, 0.4) is 0 Å². The van der Waals surface area contributed by atoms with Crippen molar-refractivity contribution in [2.75, 3.05) is 55.7 Å². The summed E-state index contributed by atoms with van der Waals surface area (Å²) in [5, 5.41) is 3.57. The van der Waals surface area contributed by atoms with E-state index in [1.807, 2.05) is 40.9 Å². The zero-order chi connectivity index (χ0) is 18.5. The Balaban J connectivity index is 1.48. The zero-order valence-corrected chi connectivity index (χ0v) is 16.6. The van der Waals surface area contributed by atoms with Gasteiger partial charge in [0.25, 0.3) is 0 Å². The Labute approximate surface area is 163 Å². The molecule has 2 aliphatic rings. The number of amides is 3. The molecule has 6 nitrogen and oxygen atoms in total. The minimum absolute atomic E-state index is 0.0104. The summed E-state index contributed by atoms with van der Waals surface area (Å²) in [6.07, 6.45) is 0. The first-order valence-corrected chi connectivity index (χ1v) is 10.5. The fourth-order valence-corrected chi connectivity index (χ4v) is 4.32. The number of carbonyl (C=O) groups is 2. The van der Waals surface area contributed by atoms with E-state index in [2.05, 4.69) is 10.2 Å². The maximum absolute atomic E-state index is 12.5. The normalized spacial score (nSPS) is 19.2. The molecule has 142 valence electrons. The summed E-state index contributed by atoms with van der Waals surface area (Å²) in [5.41, 5.74) is 1.07. The van der Waals surface area contributed by atoms with Crippen molar-refractivity contribution in [3.63, 3.8) is 0 Å². The number of anilines is 1. The number of nitrogens with zero attached hydrogens (tertiary/aromatic N) is 3. The highest BCUT2D eigenvalue weighted by molar-refractivity contribution is 7.99. The molecule has 0 bridgehead atoms. The quantitative estimate of drug-likeness (QED) is 0.850. The van der Waals surface area contributed by atoms with Crippen LogP contribution in [0.2, 0.25) is 5.02 Å². The van der Waals surface area contributed by atoms with E-state index in [-0.39, 0.29) is 11.9 Å². The Kier molecular flexibility index (Phi) is 6.53. The number of thioether (sulfide) groups is 1. The van der Waals surface area contributed by atoms with Crippen LogP contribution in [0.15, 0.2) is 24.3 Å². The molecule has 1 unspecified atom stereocenters. The topological polar surface area (TPSA) is 55.9 Å². The van der Waals surface area contributed by atoms with Crippen LogP contribution in [0, 0.1) is 0 Å². The van der Waals surface area contributed by atoms with Crippen molar-refractivity contribution in [3.05, 3.63) is 29.3 Å². The van der Waals surface area contributed by atoms with Crippen LogP contribution in [0.4, 0.5) is 10.5 Å². The van der Waals surface area contributed by atoms with Crippen molar-refractivity contribution < 1.29 is 9.59 Å². The van der Waals surface area contributed by atoms with Crippen LogP contribution in [-0.2, 0) is 4.79 Å². The third-order valence-electron chi connectivity index (χ3n) is 4.77. The van der Waals surface area contributed by atoms with Crippen molar-refractivity contribution in [3.8, 4) is 0 Å². The maximum Gasteiger partial charge on any atom is 0.318 e. The lowest BCUT2D eigenvalue weighted by molar-refractivity contribution is -0.132. The average molecular weight is 397 g/mol. The Bertz CT molecular complexity index is 646. The minimum atomic E-state index is -0.489. The highest BCUT2D eigenvalue weighted by Gasteiger charge is 2.27. The van der Waals surface area contributed by atoms with Gasteiger partial charge in [-0.15, -0.1) is 0 Å². The van der Waals surface area contributed by atoms with E-state index >= 15 is 0 Å². The molecule has 0 aliphatic carbocycles. The predicted octanol–water partition coefficient (Wildman–Crippen LogP) is 2.14. The second-order valence-electron chi connectivity index (χ2n) is 6.56. The van der Waals surface area contributed by atoms with Crippen molar-refractivity contribution in [1.82, 2.24) is 15.1 Å². The van der Waals surface area contributed by atoms with Gasteiger partial charge in [0.2, 0.25) is 5.91 Å². The SMILES string of the molecule is CC(NC(=O)N1CCN(c2cccc(Cl)c2)CC1)C(=O)N1CCSCC1. The summed E-state index contributed by atoms with van der Waals surface area (Å²) in [5.74, 6) is 1.95. The predicted molar refractivity (Wildman–Crippen MR) is 107 cm³/mol. The van der Waals surface area contributed by atoms with Gasteiger partial charge in [0.05, 0.1) is 0 Å². The van der Waals surface area contributed by atoms with Crippen molar-refractivity contribution in [2.24, 2.45) is 0 Å². The van der Waals surface area contributed by atoms with Gasteiger partial charge in [-0.25, -0.2) is 4.79 Å². The molecular weight excluding hydrogens is 372 g/mol. The summed E-state index contributed by atoms with van der Waals surface area (Å²) in [6.45, 7) is 6.05. The van der Waals surface area contributed by atoms with Crippen LogP contribution in [0.1, 0.15) is 6.92 Å². The first kappa shape index (κ1) is 19.2. The lowest BCUT2D eigenvalue weighted by Gasteiger charge is -2.37. The maximum atomic E-state index is 12.5. The van der Waals surface area contributed by atoms with E-state index in [9.17, 15) is 9.59 Å². The van der Waals surface area contributed by atoms with Crippen LogP contribution in [0.5, 0.6) is 0 Å². The lowest BCUT2D eigenvalue weighted by Crippen LogP contribution is -2.56. The van der Waals surface area contributed by atoms with Gasteiger partial charge < -0.3 is 20.0 Å². The largest absolute Gasteiger partial charge is 0.368 e. The Hall–Kier alpha value is -1.60. The van der Waals surface area contributed by atoms with Crippen LogP contribution in [0.25, 0.3) is 0 Å². The molecule has 3 rings (SSSR count). The van der Waals surface area contributed by atoms with Gasteiger partial charge in [-0.05, 0) is 25.1 Å². The molecule has 1 aromatic rings. The van der Waals surface area contributed by atoms with Gasteiger partial charge in [-0.3, -0.25) is 4.79 Å². The number of carbonyl (C=O) groups excluding carboxylic acids is 2. The van der Waals surface area contributed by atoms with Gasteiger partial charge in [0.15, 0.2) is 0 Å². The number of hydrogen-bond donors (Lipinski definition) is 1. The summed E-state index contributed by atoms with van der Waals surface area (Å²) < 4.78 is 0. The molecule has 0 radical (unpaired) electrons. The molecular formula is C18H25ClN4O2S. The van der Waals surface area contributed by atoms with Crippen molar-refractivity contribution in [2.45, 2.75) is 13.0 Å². The average Bonchev–Trinajstić information content (AvgIpc) is 2.68. The number of nitrogens with one attached hydrogen (secondary N) is 1. The van der Waals surface area contributed by atoms with Gasteiger partial charge in [0.1, 0.15) is 6.04 Å². The monoisotopic (exact) mass is 396 g/mol. The van der Waals surface area contributed by atoms with E-state index in [0.717, 1.165) is 43.4 Å². The van der Waals surface area contributed by atoms with E-state index in [0.29, 0.717) is 18.1 Å². The minimum Gasteiger partial charge on any atom is -0.368 e. The zero-order valence-electron chi connectivity index (χ0n) is 15.0.